The third kappa shape index (κ3) is 5.17. The molecule has 31 heavy (non-hydrogen) atoms. The summed E-state index contributed by atoms with van der Waals surface area (Å²) in [6, 6.07) is 12.5. The molecule has 1 atom stereocenters. The fraction of sp³-hybridized carbons (Fsp3) is 0.333. The van der Waals surface area contributed by atoms with Crippen molar-refractivity contribution in [2.24, 2.45) is 0 Å². The Hall–Kier alpha value is -3.06. The van der Waals surface area contributed by atoms with E-state index in [4.69, 9.17) is 0 Å². The topological polar surface area (TPSA) is 75.2 Å². The number of rotatable bonds is 5. The van der Waals surface area contributed by atoms with Gasteiger partial charge in [-0.3, -0.25) is 14.5 Å². The molecule has 0 aliphatic carbocycles. The van der Waals surface area contributed by atoms with Crippen molar-refractivity contribution in [2.75, 3.05) is 4.90 Å². The van der Waals surface area contributed by atoms with Crippen molar-refractivity contribution in [3.05, 3.63) is 75.8 Å². The molecule has 1 N–H and O–H groups in total. The van der Waals surface area contributed by atoms with Crippen molar-refractivity contribution < 1.29 is 9.59 Å². The zero-order chi connectivity index (χ0) is 22.8. The van der Waals surface area contributed by atoms with Gasteiger partial charge in [-0.1, -0.05) is 52.5 Å². The predicted molar refractivity (Wildman–Crippen MR) is 124 cm³/mol. The van der Waals surface area contributed by atoms with Crippen LogP contribution in [0.25, 0.3) is 0 Å². The molecule has 0 saturated heterocycles. The molecule has 1 unspecified atom stereocenters. The Morgan fingerprint density at radius 2 is 1.65 bits per heavy atom. The highest BCUT2D eigenvalue weighted by atomic mass is 32.1. The van der Waals surface area contributed by atoms with Crippen LogP contribution in [0.5, 0.6) is 0 Å². The highest BCUT2D eigenvalue weighted by molar-refractivity contribution is 7.03. The van der Waals surface area contributed by atoms with Gasteiger partial charge in [0.25, 0.3) is 5.91 Å². The van der Waals surface area contributed by atoms with E-state index in [9.17, 15) is 9.59 Å². The molecule has 0 bridgehead atoms. The van der Waals surface area contributed by atoms with Crippen molar-refractivity contribution in [1.29, 1.82) is 0 Å². The Morgan fingerprint density at radius 3 is 2.16 bits per heavy atom. The lowest BCUT2D eigenvalue weighted by Gasteiger charge is -2.35. The number of hydrogen-bond acceptors (Lipinski definition) is 5. The van der Waals surface area contributed by atoms with Crippen LogP contribution in [-0.2, 0) is 4.79 Å². The van der Waals surface area contributed by atoms with E-state index in [-0.39, 0.29) is 17.5 Å². The summed E-state index contributed by atoms with van der Waals surface area (Å²) in [6.45, 7) is 11.7. The molecule has 7 heteroatoms. The number of aryl methyl sites for hydroxylation is 3. The lowest BCUT2D eigenvalue weighted by Crippen LogP contribution is -2.50. The first kappa shape index (κ1) is 22.6. The van der Waals surface area contributed by atoms with Gasteiger partial charge in [-0.25, -0.2) is 0 Å². The minimum atomic E-state index is -0.866. The summed E-state index contributed by atoms with van der Waals surface area (Å²) in [7, 11) is 0. The molecule has 0 radical (unpaired) electrons. The Morgan fingerprint density at radius 1 is 1.03 bits per heavy atom. The Balaban J connectivity index is 2.26. The van der Waals surface area contributed by atoms with Crippen molar-refractivity contribution in [3.8, 4) is 0 Å². The van der Waals surface area contributed by atoms with E-state index < -0.39 is 11.6 Å². The van der Waals surface area contributed by atoms with E-state index in [1.165, 1.54) is 0 Å². The molecule has 1 aromatic heterocycles. The molecule has 2 amide bonds. The van der Waals surface area contributed by atoms with Crippen LogP contribution in [0.2, 0.25) is 0 Å². The van der Waals surface area contributed by atoms with Gasteiger partial charge in [-0.2, -0.15) is 0 Å². The smallest absolute Gasteiger partial charge is 0.280 e. The maximum atomic E-state index is 13.7. The fourth-order valence-corrected chi connectivity index (χ4v) is 4.20. The average molecular weight is 437 g/mol. The number of aromatic nitrogens is 2. The third-order valence-corrected chi connectivity index (χ3v) is 5.30. The quantitative estimate of drug-likeness (QED) is 0.625. The van der Waals surface area contributed by atoms with Gasteiger partial charge in [0.15, 0.2) is 5.69 Å². The Kier molecular flexibility index (Phi) is 6.55. The average Bonchev–Trinajstić information content (AvgIpc) is 3.20. The number of benzene rings is 2. The number of hydrogen-bond donors (Lipinski definition) is 1. The molecule has 162 valence electrons. The van der Waals surface area contributed by atoms with Crippen molar-refractivity contribution in [3.63, 3.8) is 0 Å². The monoisotopic (exact) mass is 436 g/mol. The van der Waals surface area contributed by atoms with E-state index in [0.717, 1.165) is 33.8 Å². The molecule has 3 rings (SSSR count). The van der Waals surface area contributed by atoms with Crippen LogP contribution in [0.4, 0.5) is 5.69 Å². The number of nitrogens with one attached hydrogen (secondary N) is 1. The second-order valence-electron chi connectivity index (χ2n) is 8.77. The van der Waals surface area contributed by atoms with Gasteiger partial charge >= 0.3 is 0 Å². The first-order valence-electron chi connectivity index (χ1n) is 10.1. The summed E-state index contributed by atoms with van der Waals surface area (Å²) in [5, 5.41) is 8.66. The Bertz CT molecular complexity index is 1050. The van der Waals surface area contributed by atoms with E-state index >= 15 is 0 Å². The summed E-state index contributed by atoms with van der Waals surface area (Å²) < 4.78 is 3.86. The predicted octanol–water partition coefficient (Wildman–Crippen LogP) is 4.77. The number of carbonyl (C=O) groups is 2. The molecular weight excluding hydrogens is 408 g/mol. The summed E-state index contributed by atoms with van der Waals surface area (Å²) in [5.41, 5.74) is 4.11. The van der Waals surface area contributed by atoms with Crippen molar-refractivity contribution in [1.82, 2.24) is 14.9 Å². The van der Waals surface area contributed by atoms with Gasteiger partial charge < -0.3 is 5.32 Å². The summed E-state index contributed by atoms with van der Waals surface area (Å²) in [6.07, 6.45) is 0. The largest absolute Gasteiger partial charge is 0.349 e. The van der Waals surface area contributed by atoms with Gasteiger partial charge in [-0.15, -0.1) is 5.10 Å². The number of carbonyl (C=O) groups excluding carboxylic acids is 2. The van der Waals surface area contributed by atoms with E-state index in [1.54, 1.807) is 10.3 Å². The van der Waals surface area contributed by atoms with Gasteiger partial charge in [0.05, 0.1) is 5.69 Å². The highest BCUT2D eigenvalue weighted by Gasteiger charge is 2.37. The molecule has 0 fully saturated rings. The molecule has 6 nitrogen and oxygen atoms in total. The van der Waals surface area contributed by atoms with Crippen LogP contribution >= 0.6 is 11.5 Å². The fourth-order valence-electron chi connectivity index (χ4n) is 3.77. The SMILES string of the molecule is Cc1cc(C)c(N(C(=O)c2csnn2)C(C(=O)NC(C)(C)C)c2ccccc2)c(C)c1. The molecule has 0 aliphatic heterocycles. The molecule has 3 aromatic rings. The Labute approximate surface area is 187 Å². The summed E-state index contributed by atoms with van der Waals surface area (Å²) >= 11 is 1.11. The zero-order valence-corrected chi connectivity index (χ0v) is 19.6. The maximum Gasteiger partial charge on any atom is 0.280 e. The molecular formula is C24H28N4O2S. The van der Waals surface area contributed by atoms with Crippen molar-refractivity contribution >= 4 is 29.0 Å². The second-order valence-corrected chi connectivity index (χ2v) is 9.37. The lowest BCUT2D eigenvalue weighted by atomic mass is 9.97. The van der Waals surface area contributed by atoms with Gasteiger partial charge in [0, 0.05) is 10.9 Å². The van der Waals surface area contributed by atoms with Crippen LogP contribution < -0.4 is 10.2 Å². The van der Waals surface area contributed by atoms with Gasteiger partial charge in [-0.05, 0) is 69.8 Å². The summed E-state index contributed by atoms with van der Waals surface area (Å²) in [5.74, 6) is -0.615. The second kappa shape index (κ2) is 8.98. The van der Waals surface area contributed by atoms with Gasteiger partial charge in [0.1, 0.15) is 6.04 Å². The summed E-state index contributed by atoms with van der Waals surface area (Å²) in [4.78, 5) is 28.9. The van der Waals surface area contributed by atoms with Crippen LogP contribution in [0.1, 0.15) is 59.6 Å². The lowest BCUT2D eigenvalue weighted by molar-refractivity contribution is -0.123. The number of anilines is 1. The minimum absolute atomic E-state index is 0.217. The van der Waals surface area contributed by atoms with Crippen LogP contribution in [0, 0.1) is 20.8 Å². The minimum Gasteiger partial charge on any atom is -0.349 e. The van der Waals surface area contributed by atoms with E-state index in [2.05, 4.69) is 14.9 Å². The highest BCUT2D eigenvalue weighted by Crippen LogP contribution is 2.35. The van der Waals surface area contributed by atoms with Crippen LogP contribution in [-0.4, -0.2) is 26.9 Å². The molecule has 0 saturated carbocycles. The normalized spacial score (nSPS) is 12.3. The number of amides is 2. The van der Waals surface area contributed by atoms with E-state index in [1.807, 2.05) is 84.0 Å². The standard InChI is InChI=1S/C24H28N4O2S/c1-15-12-16(2)20(17(3)13-15)28(23(30)19-14-31-27-26-19)21(18-10-8-7-9-11-18)22(29)25-24(4,5)6/h7-14,21H,1-6H3,(H,25,29). The maximum absolute atomic E-state index is 13.7. The van der Waals surface area contributed by atoms with Crippen molar-refractivity contribution in [2.45, 2.75) is 53.1 Å². The molecule has 0 spiro atoms. The first-order chi connectivity index (χ1) is 14.6. The molecule has 0 aliphatic rings. The molecule has 2 aromatic carbocycles. The molecule has 1 heterocycles. The van der Waals surface area contributed by atoms with Gasteiger partial charge in [0.2, 0.25) is 5.91 Å². The third-order valence-electron chi connectivity index (χ3n) is 4.79. The van der Waals surface area contributed by atoms with Crippen LogP contribution in [0.15, 0.2) is 47.8 Å². The van der Waals surface area contributed by atoms with Crippen LogP contribution in [0.3, 0.4) is 0 Å². The number of nitrogens with zero attached hydrogens (tertiary/aromatic N) is 3. The zero-order valence-electron chi connectivity index (χ0n) is 18.8. The van der Waals surface area contributed by atoms with E-state index in [0.29, 0.717) is 5.69 Å². The first-order valence-corrected chi connectivity index (χ1v) is 11.0.